The van der Waals surface area contributed by atoms with E-state index in [-0.39, 0.29) is 0 Å². The summed E-state index contributed by atoms with van der Waals surface area (Å²) in [5, 5.41) is 4.59. The molecule has 2 heterocycles. The van der Waals surface area contributed by atoms with E-state index in [9.17, 15) is 0 Å². The van der Waals surface area contributed by atoms with Crippen molar-refractivity contribution in [1.82, 2.24) is 15.2 Å². The van der Waals surface area contributed by atoms with Gasteiger partial charge in [-0.3, -0.25) is 4.90 Å². The third-order valence-corrected chi connectivity index (χ3v) is 4.96. The zero-order valence-corrected chi connectivity index (χ0v) is 13.8. The second-order valence-electron chi connectivity index (χ2n) is 5.51. The maximum Gasteiger partial charge on any atom is 0.123 e. The summed E-state index contributed by atoms with van der Waals surface area (Å²) in [6, 6.07) is 10.3. The van der Waals surface area contributed by atoms with Crippen molar-refractivity contribution >= 4 is 11.3 Å². The van der Waals surface area contributed by atoms with Crippen LogP contribution in [-0.4, -0.2) is 48.8 Å². The Morgan fingerprint density at radius 2 is 2.23 bits per heavy atom. The lowest BCUT2D eigenvalue weighted by molar-refractivity contribution is -0.0253. The molecule has 0 unspecified atom stereocenters. The molecule has 118 valence electrons. The van der Waals surface area contributed by atoms with Gasteiger partial charge in [-0.05, 0) is 6.54 Å². The molecule has 1 aliphatic rings. The second-order valence-corrected chi connectivity index (χ2v) is 6.63. The normalized spacial score (nSPS) is 19.4. The maximum atomic E-state index is 5.81. The molecule has 1 fully saturated rings. The molecule has 0 aliphatic carbocycles. The summed E-state index contributed by atoms with van der Waals surface area (Å²) < 4.78 is 5.81. The number of aromatic nitrogens is 1. The molecule has 1 aromatic carbocycles. The van der Waals surface area contributed by atoms with Gasteiger partial charge in [-0.15, -0.1) is 11.3 Å². The highest BCUT2D eigenvalue weighted by atomic mass is 32.1. The molecule has 0 radical (unpaired) electrons. The summed E-state index contributed by atoms with van der Waals surface area (Å²) >= 11 is 1.75. The first-order valence-electron chi connectivity index (χ1n) is 7.90. The van der Waals surface area contributed by atoms with Crippen molar-refractivity contribution in [3.63, 3.8) is 0 Å². The van der Waals surface area contributed by atoms with Crippen molar-refractivity contribution in [3.8, 4) is 10.6 Å². The van der Waals surface area contributed by atoms with E-state index in [1.165, 1.54) is 10.4 Å². The van der Waals surface area contributed by atoms with E-state index in [1.807, 2.05) is 12.3 Å². The van der Waals surface area contributed by atoms with E-state index in [1.54, 1.807) is 11.3 Å². The van der Waals surface area contributed by atoms with E-state index >= 15 is 0 Å². The average Bonchev–Trinajstić information content (AvgIpc) is 3.05. The highest BCUT2D eigenvalue weighted by Gasteiger charge is 2.18. The number of morpholine rings is 1. The largest absolute Gasteiger partial charge is 0.374 e. The molecular weight excluding hydrogens is 294 g/mol. The first kappa shape index (κ1) is 15.6. The lowest BCUT2D eigenvalue weighted by Gasteiger charge is -2.32. The van der Waals surface area contributed by atoms with Gasteiger partial charge in [0, 0.05) is 42.8 Å². The third-order valence-electron chi connectivity index (χ3n) is 3.92. The van der Waals surface area contributed by atoms with Gasteiger partial charge in [-0.1, -0.05) is 37.3 Å². The number of nitrogens with zero attached hydrogens (tertiary/aromatic N) is 2. The van der Waals surface area contributed by atoms with Crippen LogP contribution in [-0.2, 0) is 11.3 Å². The SMILES string of the molecule is CCN1CCO[C@H](CNCc2cnc(-c3ccccc3)s2)C1. The Balaban J connectivity index is 1.47. The lowest BCUT2D eigenvalue weighted by atomic mass is 10.2. The van der Waals surface area contributed by atoms with Crippen LogP contribution < -0.4 is 5.32 Å². The van der Waals surface area contributed by atoms with Crippen molar-refractivity contribution in [3.05, 3.63) is 41.4 Å². The molecule has 0 bridgehead atoms. The van der Waals surface area contributed by atoms with Crippen LogP contribution in [0.4, 0.5) is 0 Å². The number of benzene rings is 1. The number of hydrogen-bond acceptors (Lipinski definition) is 5. The molecule has 0 saturated carbocycles. The predicted molar refractivity (Wildman–Crippen MR) is 91.1 cm³/mol. The number of nitrogens with one attached hydrogen (secondary N) is 1. The summed E-state index contributed by atoms with van der Waals surface area (Å²) in [5.41, 5.74) is 1.19. The van der Waals surface area contributed by atoms with Crippen LogP contribution in [0.15, 0.2) is 36.5 Å². The third kappa shape index (κ3) is 4.14. The molecule has 1 saturated heterocycles. The zero-order chi connectivity index (χ0) is 15.2. The molecule has 0 spiro atoms. The second kappa shape index (κ2) is 7.83. The van der Waals surface area contributed by atoms with Crippen molar-refractivity contribution in [2.24, 2.45) is 0 Å². The van der Waals surface area contributed by atoms with E-state index < -0.39 is 0 Å². The Kier molecular flexibility index (Phi) is 5.56. The molecule has 22 heavy (non-hydrogen) atoms. The molecule has 1 atom stereocenters. The van der Waals surface area contributed by atoms with E-state index in [4.69, 9.17) is 4.74 Å². The van der Waals surface area contributed by atoms with Gasteiger partial charge in [0.25, 0.3) is 0 Å². The summed E-state index contributed by atoms with van der Waals surface area (Å²) in [6.07, 6.45) is 2.27. The molecule has 2 aromatic rings. The summed E-state index contributed by atoms with van der Waals surface area (Å²) in [4.78, 5) is 8.22. The number of likely N-dealkylation sites (N-methyl/N-ethyl adjacent to an activating group) is 1. The molecule has 1 N–H and O–H groups in total. The Morgan fingerprint density at radius 1 is 1.36 bits per heavy atom. The van der Waals surface area contributed by atoms with Crippen molar-refractivity contribution < 1.29 is 4.74 Å². The zero-order valence-electron chi connectivity index (χ0n) is 13.0. The topological polar surface area (TPSA) is 37.4 Å². The summed E-state index contributed by atoms with van der Waals surface area (Å²) in [6.45, 7) is 8.00. The molecule has 3 rings (SSSR count). The molecule has 1 aliphatic heterocycles. The van der Waals surface area contributed by atoms with Crippen LogP contribution in [0.2, 0.25) is 0 Å². The minimum absolute atomic E-state index is 0.301. The molecule has 0 amide bonds. The van der Waals surface area contributed by atoms with E-state index in [0.29, 0.717) is 6.10 Å². The monoisotopic (exact) mass is 317 g/mol. The summed E-state index contributed by atoms with van der Waals surface area (Å²) in [5.74, 6) is 0. The van der Waals surface area contributed by atoms with Crippen molar-refractivity contribution in [1.29, 1.82) is 0 Å². The van der Waals surface area contributed by atoms with Crippen LogP contribution >= 0.6 is 11.3 Å². The standard InChI is InChI=1S/C17H23N3OS/c1-2-20-8-9-21-15(13-20)10-18-11-16-12-19-17(22-16)14-6-4-3-5-7-14/h3-7,12,15,18H,2,8-11,13H2,1H3/t15-/m1/s1. The first-order valence-corrected chi connectivity index (χ1v) is 8.71. The van der Waals surface area contributed by atoms with Crippen LogP contribution in [0, 0.1) is 0 Å². The van der Waals surface area contributed by atoms with Gasteiger partial charge in [-0.25, -0.2) is 4.98 Å². The quantitative estimate of drug-likeness (QED) is 0.889. The van der Waals surface area contributed by atoms with Gasteiger partial charge in [0.05, 0.1) is 12.7 Å². The molecule has 4 nitrogen and oxygen atoms in total. The van der Waals surface area contributed by atoms with Crippen molar-refractivity contribution in [2.75, 3.05) is 32.8 Å². The molecule has 5 heteroatoms. The Hall–Kier alpha value is -1.27. The van der Waals surface area contributed by atoms with Crippen LogP contribution in [0.25, 0.3) is 10.6 Å². The fourth-order valence-electron chi connectivity index (χ4n) is 2.65. The number of rotatable bonds is 6. The molecule has 1 aromatic heterocycles. The Labute approximate surface area is 136 Å². The fraction of sp³-hybridized carbons (Fsp3) is 0.471. The van der Waals surface area contributed by atoms with Crippen molar-refractivity contribution in [2.45, 2.75) is 19.6 Å². The minimum atomic E-state index is 0.301. The van der Waals surface area contributed by atoms with Gasteiger partial charge < -0.3 is 10.1 Å². The van der Waals surface area contributed by atoms with Gasteiger partial charge in [0.2, 0.25) is 0 Å². The van der Waals surface area contributed by atoms with E-state index in [2.05, 4.69) is 46.4 Å². The fourth-order valence-corrected chi connectivity index (χ4v) is 3.54. The number of thiazole rings is 1. The highest BCUT2D eigenvalue weighted by Crippen LogP contribution is 2.24. The lowest BCUT2D eigenvalue weighted by Crippen LogP contribution is -2.46. The minimum Gasteiger partial charge on any atom is -0.374 e. The van der Waals surface area contributed by atoms with Gasteiger partial charge >= 0.3 is 0 Å². The Bertz CT molecular complexity index is 572. The molecular formula is C17H23N3OS. The van der Waals surface area contributed by atoms with Crippen LogP contribution in [0.5, 0.6) is 0 Å². The first-order chi connectivity index (χ1) is 10.8. The van der Waals surface area contributed by atoms with Crippen LogP contribution in [0.3, 0.4) is 0 Å². The smallest absolute Gasteiger partial charge is 0.123 e. The van der Waals surface area contributed by atoms with Gasteiger partial charge in [0.1, 0.15) is 5.01 Å². The highest BCUT2D eigenvalue weighted by molar-refractivity contribution is 7.15. The van der Waals surface area contributed by atoms with Gasteiger partial charge in [-0.2, -0.15) is 0 Å². The number of hydrogen-bond donors (Lipinski definition) is 1. The van der Waals surface area contributed by atoms with Crippen LogP contribution in [0.1, 0.15) is 11.8 Å². The summed E-state index contributed by atoms with van der Waals surface area (Å²) in [7, 11) is 0. The van der Waals surface area contributed by atoms with E-state index in [0.717, 1.165) is 44.3 Å². The maximum absolute atomic E-state index is 5.81. The predicted octanol–water partition coefficient (Wildman–Crippen LogP) is 2.62. The number of ether oxygens (including phenoxy) is 1. The van der Waals surface area contributed by atoms with Gasteiger partial charge in [0.15, 0.2) is 0 Å². The average molecular weight is 317 g/mol. The Morgan fingerprint density at radius 3 is 3.05 bits per heavy atom.